The minimum absolute atomic E-state index is 0.0587. The highest BCUT2D eigenvalue weighted by molar-refractivity contribution is 5.41. The Bertz CT molecular complexity index is 564. The molecule has 0 amide bonds. The van der Waals surface area contributed by atoms with Gasteiger partial charge in [-0.2, -0.15) is 0 Å². The van der Waals surface area contributed by atoms with Gasteiger partial charge in [-0.3, -0.25) is 0 Å². The van der Waals surface area contributed by atoms with Crippen LogP contribution >= 0.6 is 0 Å². The van der Waals surface area contributed by atoms with Crippen molar-refractivity contribution in [2.75, 3.05) is 14.2 Å². The van der Waals surface area contributed by atoms with Crippen LogP contribution in [0.4, 0.5) is 0 Å². The number of hydrogen-bond donors (Lipinski definition) is 1. The first-order valence-corrected chi connectivity index (χ1v) is 6.67. The van der Waals surface area contributed by atoms with E-state index < -0.39 is 0 Å². The first kappa shape index (κ1) is 14.4. The molecule has 0 aromatic heterocycles. The summed E-state index contributed by atoms with van der Waals surface area (Å²) in [5, 5.41) is 0. The summed E-state index contributed by atoms with van der Waals surface area (Å²) in [6, 6.07) is 14.0. The average Bonchev–Trinajstić information content (AvgIpc) is 2.47. The molecule has 2 N–H and O–H groups in total. The van der Waals surface area contributed by atoms with E-state index >= 15 is 0 Å². The van der Waals surface area contributed by atoms with Crippen molar-refractivity contribution in [2.24, 2.45) is 5.73 Å². The molecule has 0 aliphatic carbocycles. The van der Waals surface area contributed by atoms with Crippen molar-refractivity contribution in [3.05, 3.63) is 59.2 Å². The SMILES string of the molecule is COc1ccc(OC)c(CC(N)c2ccc(C)cc2)c1. The molecule has 0 heterocycles. The zero-order chi connectivity index (χ0) is 14.5. The molecule has 2 aromatic carbocycles. The standard InChI is InChI=1S/C17H21NO2/c1-12-4-6-13(7-5-12)16(18)11-14-10-15(19-2)8-9-17(14)20-3/h4-10,16H,11,18H2,1-3H3. The van der Waals surface area contributed by atoms with E-state index in [1.807, 2.05) is 18.2 Å². The van der Waals surface area contributed by atoms with Crippen LogP contribution in [0.15, 0.2) is 42.5 Å². The van der Waals surface area contributed by atoms with E-state index in [0.717, 1.165) is 22.6 Å². The summed E-state index contributed by atoms with van der Waals surface area (Å²) in [4.78, 5) is 0. The van der Waals surface area contributed by atoms with Crippen molar-refractivity contribution in [2.45, 2.75) is 19.4 Å². The third-order valence-corrected chi connectivity index (χ3v) is 3.43. The molecule has 3 heteroatoms. The molecule has 0 spiro atoms. The maximum atomic E-state index is 6.30. The molecular formula is C17H21NO2. The van der Waals surface area contributed by atoms with Crippen LogP contribution in [0, 0.1) is 6.92 Å². The highest BCUT2D eigenvalue weighted by Gasteiger charge is 2.12. The molecular weight excluding hydrogens is 250 g/mol. The van der Waals surface area contributed by atoms with Crippen molar-refractivity contribution in [3.8, 4) is 11.5 Å². The van der Waals surface area contributed by atoms with Gasteiger partial charge >= 0.3 is 0 Å². The molecule has 0 saturated carbocycles. The van der Waals surface area contributed by atoms with Gasteiger partial charge in [-0.05, 0) is 42.7 Å². The molecule has 3 nitrogen and oxygen atoms in total. The smallest absolute Gasteiger partial charge is 0.122 e. The highest BCUT2D eigenvalue weighted by atomic mass is 16.5. The summed E-state index contributed by atoms with van der Waals surface area (Å²) >= 11 is 0. The van der Waals surface area contributed by atoms with Crippen molar-refractivity contribution >= 4 is 0 Å². The first-order chi connectivity index (χ1) is 9.63. The molecule has 106 valence electrons. The normalized spacial score (nSPS) is 12.0. The topological polar surface area (TPSA) is 44.5 Å². The Labute approximate surface area is 120 Å². The minimum Gasteiger partial charge on any atom is -0.497 e. The van der Waals surface area contributed by atoms with E-state index in [1.54, 1.807) is 14.2 Å². The van der Waals surface area contributed by atoms with Crippen LogP contribution in [0.3, 0.4) is 0 Å². The number of nitrogens with two attached hydrogens (primary N) is 1. The summed E-state index contributed by atoms with van der Waals surface area (Å²) < 4.78 is 10.7. The van der Waals surface area contributed by atoms with E-state index in [0.29, 0.717) is 6.42 Å². The van der Waals surface area contributed by atoms with Gasteiger partial charge in [0, 0.05) is 6.04 Å². The zero-order valence-electron chi connectivity index (χ0n) is 12.2. The average molecular weight is 271 g/mol. The summed E-state index contributed by atoms with van der Waals surface area (Å²) in [5.41, 5.74) is 9.71. The number of rotatable bonds is 5. The van der Waals surface area contributed by atoms with Gasteiger partial charge in [0.15, 0.2) is 0 Å². The van der Waals surface area contributed by atoms with Gasteiger partial charge in [-0.1, -0.05) is 29.8 Å². The Morgan fingerprint density at radius 1 is 1.00 bits per heavy atom. The van der Waals surface area contributed by atoms with Gasteiger partial charge in [0.2, 0.25) is 0 Å². The van der Waals surface area contributed by atoms with Gasteiger partial charge in [0.05, 0.1) is 14.2 Å². The van der Waals surface area contributed by atoms with Crippen LogP contribution in [0.2, 0.25) is 0 Å². The molecule has 1 atom stereocenters. The second-order valence-corrected chi connectivity index (χ2v) is 4.90. The quantitative estimate of drug-likeness (QED) is 0.908. The summed E-state index contributed by atoms with van der Waals surface area (Å²) in [6.07, 6.45) is 0.712. The first-order valence-electron chi connectivity index (χ1n) is 6.67. The van der Waals surface area contributed by atoms with Crippen LogP contribution in [0.1, 0.15) is 22.7 Å². The summed E-state index contributed by atoms with van der Waals surface area (Å²) in [5.74, 6) is 1.66. The number of benzene rings is 2. The van der Waals surface area contributed by atoms with E-state index in [4.69, 9.17) is 15.2 Å². The predicted octanol–water partition coefficient (Wildman–Crippen LogP) is 3.25. The number of hydrogen-bond acceptors (Lipinski definition) is 3. The fourth-order valence-corrected chi connectivity index (χ4v) is 2.21. The Hall–Kier alpha value is -2.00. The van der Waals surface area contributed by atoms with E-state index in [9.17, 15) is 0 Å². The van der Waals surface area contributed by atoms with Crippen molar-refractivity contribution < 1.29 is 9.47 Å². The lowest BCUT2D eigenvalue weighted by molar-refractivity contribution is 0.397. The molecule has 0 aliphatic rings. The summed E-state index contributed by atoms with van der Waals surface area (Å²) in [7, 11) is 3.33. The lowest BCUT2D eigenvalue weighted by atomic mass is 9.98. The van der Waals surface area contributed by atoms with Crippen LogP contribution in [-0.4, -0.2) is 14.2 Å². The number of methoxy groups -OCH3 is 2. The van der Waals surface area contributed by atoms with E-state index in [2.05, 4.69) is 31.2 Å². The molecule has 1 unspecified atom stereocenters. The Morgan fingerprint density at radius 3 is 2.30 bits per heavy atom. The fraction of sp³-hybridized carbons (Fsp3) is 0.294. The van der Waals surface area contributed by atoms with Gasteiger partial charge in [0.25, 0.3) is 0 Å². The maximum absolute atomic E-state index is 6.30. The number of aryl methyl sites for hydroxylation is 1. The predicted molar refractivity (Wildman–Crippen MR) is 81.4 cm³/mol. The molecule has 0 fully saturated rings. The minimum atomic E-state index is -0.0587. The monoisotopic (exact) mass is 271 g/mol. The van der Waals surface area contributed by atoms with Crippen molar-refractivity contribution in [3.63, 3.8) is 0 Å². The van der Waals surface area contributed by atoms with E-state index in [-0.39, 0.29) is 6.04 Å². The molecule has 2 aromatic rings. The molecule has 20 heavy (non-hydrogen) atoms. The largest absolute Gasteiger partial charge is 0.497 e. The van der Waals surface area contributed by atoms with Crippen LogP contribution < -0.4 is 15.2 Å². The van der Waals surface area contributed by atoms with Gasteiger partial charge in [-0.15, -0.1) is 0 Å². The Morgan fingerprint density at radius 2 is 1.70 bits per heavy atom. The maximum Gasteiger partial charge on any atom is 0.122 e. The van der Waals surface area contributed by atoms with Gasteiger partial charge in [0.1, 0.15) is 11.5 Å². The lowest BCUT2D eigenvalue weighted by Crippen LogP contribution is -2.14. The molecule has 0 aliphatic heterocycles. The van der Waals surface area contributed by atoms with Crippen molar-refractivity contribution in [1.82, 2.24) is 0 Å². The van der Waals surface area contributed by atoms with E-state index in [1.165, 1.54) is 5.56 Å². The highest BCUT2D eigenvalue weighted by Crippen LogP contribution is 2.27. The van der Waals surface area contributed by atoms with Crippen LogP contribution in [0.25, 0.3) is 0 Å². The third-order valence-electron chi connectivity index (χ3n) is 3.43. The molecule has 0 saturated heterocycles. The summed E-state index contributed by atoms with van der Waals surface area (Å²) in [6.45, 7) is 2.07. The molecule has 0 radical (unpaired) electrons. The second kappa shape index (κ2) is 6.44. The van der Waals surface area contributed by atoms with Crippen LogP contribution in [0.5, 0.6) is 11.5 Å². The Kier molecular flexibility index (Phi) is 4.64. The zero-order valence-corrected chi connectivity index (χ0v) is 12.2. The third kappa shape index (κ3) is 3.31. The number of ether oxygens (including phenoxy) is 2. The second-order valence-electron chi connectivity index (χ2n) is 4.90. The molecule has 2 rings (SSSR count). The van der Waals surface area contributed by atoms with Crippen LogP contribution in [-0.2, 0) is 6.42 Å². The van der Waals surface area contributed by atoms with Gasteiger partial charge in [-0.25, -0.2) is 0 Å². The Balaban J connectivity index is 2.21. The fourth-order valence-electron chi connectivity index (χ4n) is 2.21. The molecule has 0 bridgehead atoms. The lowest BCUT2D eigenvalue weighted by Gasteiger charge is -2.16. The van der Waals surface area contributed by atoms with Crippen molar-refractivity contribution in [1.29, 1.82) is 0 Å². The van der Waals surface area contributed by atoms with Gasteiger partial charge < -0.3 is 15.2 Å².